The average molecular weight is 258 g/mol. The van der Waals surface area contributed by atoms with Crippen LogP contribution in [0, 0.1) is 10.1 Å². The summed E-state index contributed by atoms with van der Waals surface area (Å²) in [5, 5.41) is 14.9. The third-order valence-electron chi connectivity index (χ3n) is 1.83. The molecule has 2 N–H and O–H groups in total. The number of carbonyl (C=O) groups is 2. The Labute approximate surface area is 101 Å². The number of amides is 2. The number of nitrogens with zero attached hydrogens (tertiary/aromatic N) is 1. The van der Waals surface area contributed by atoms with Crippen LogP contribution >= 0.6 is 11.6 Å². The smallest absolute Gasteiger partial charge is 0.313 e. The first-order valence-corrected chi connectivity index (χ1v) is 4.80. The molecule has 0 atom stereocenters. The highest BCUT2D eigenvalue weighted by Crippen LogP contribution is 2.27. The average Bonchev–Trinajstić information content (AvgIpc) is 2.30. The zero-order valence-corrected chi connectivity index (χ0v) is 9.45. The minimum atomic E-state index is -0.913. The van der Waals surface area contributed by atoms with Crippen molar-refractivity contribution in [1.82, 2.24) is 5.32 Å². The Bertz CT molecular complexity index is 489. The van der Waals surface area contributed by atoms with Crippen molar-refractivity contribution in [3.8, 4) is 0 Å². The monoisotopic (exact) mass is 257 g/mol. The van der Waals surface area contributed by atoms with E-state index in [2.05, 4.69) is 10.6 Å². The predicted molar refractivity (Wildman–Crippen MR) is 60.8 cm³/mol. The number of likely N-dealkylation sites (N-methyl/N-ethyl adjacent to an activating group) is 1. The molecular formula is C9H8ClN3O4. The molecule has 7 nitrogen and oxygen atoms in total. The molecule has 0 aliphatic carbocycles. The number of hydrogen-bond acceptors (Lipinski definition) is 4. The van der Waals surface area contributed by atoms with E-state index in [1.54, 1.807) is 0 Å². The second-order valence-corrected chi connectivity index (χ2v) is 3.36. The minimum absolute atomic E-state index is 0.0482. The van der Waals surface area contributed by atoms with Gasteiger partial charge < -0.3 is 10.6 Å². The Hall–Kier alpha value is -2.15. The molecule has 0 aliphatic heterocycles. The van der Waals surface area contributed by atoms with Crippen molar-refractivity contribution in [2.24, 2.45) is 0 Å². The van der Waals surface area contributed by atoms with Crippen molar-refractivity contribution < 1.29 is 14.5 Å². The molecule has 0 bridgehead atoms. The Balaban J connectivity index is 2.94. The fraction of sp³-hybridized carbons (Fsp3) is 0.111. The Kier molecular flexibility index (Phi) is 4.00. The molecular weight excluding hydrogens is 250 g/mol. The number of nitrogens with one attached hydrogen (secondary N) is 2. The van der Waals surface area contributed by atoms with Crippen molar-refractivity contribution in [2.75, 3.05) is 12.4 Å². The quantitative estimate of drug-likeness (QED) is 0.467. The van der Waals surface area contributed by atoms with E-state index in [1.807, 2.05) is 0 Å². The molecule has 8 heteroatoms. The molecule has 1 aromatic carbocycles. The van der Waals surface area contributed by atoms with E-state index in [9.17, 15) is 19.7 Å². The maximum Gasteiger partial charge on any atom is 0.313 e. The fourth-order valence-corrected chi connectivity index (χ4v) is 1.22. The Morgan fingerprint density at radius 1 is 1.35 bits per heavy atom. The first-order chi connectivity index (χ1) is 7.95. The minimum Gasteiger partial charge on any atom is -0.351 e. The molecule has 1 aromatic rings. The standard InChI is InChI=1S/C9H8ClN3O4/c1-11-8(14)9(15)12-5-2-3-6(10)7(4-5)13(16)17/h2-4H,1H3,(H,11,14)(H,12,15). The van der Waals surface area contributed by atoms with Crippen LogP contribution in [0.15, 0.2) is 18.2 Å². The van der Waals surface area contributed by atoms with Crippen LogP contribution < -0.4 is 10.6 Å². The summed E-state index contributed by atoms with van der Waals surface area (Å²) in [6.07, 6.45) is 0. The zero-order valence-electron chi connectivity index (χ0n) is 8.69. The van der Waals surface area contributed by atoms with Crippen LogP contribution in [0.1, 0.15) is 0 Å². The summed E-state index contributed by atoms with van der Waals surface area (Å²) in [5.41, 5.74) is -0.226. The SMILES string of the molecule is CNC(=O)C(=O)Nc1ccc(Cl)c([N+](=O)[O-])c1. The van der Waals surface area contributed by atoms with Crippen molar-refractivity contribution in [2.45, 2.75) is 0 Å². The van der Waals surface area contributed by atoms with Gasteiger partial charge in [-0.3, -0.25) is 19.7 Å². The molecule has 0 fully saturated rings. The highest BCUT2D eigenvalue weighted by molar-refractivity contribution is 6.39. The van der Waals surface area contributed by atoms with Crippen LogP contribution in [0.25, 0.3) is 0 Å². The van der Waals surface area contributed by atoms with Gasteiger partial charge in [0.25, 0.3) is 5.69 Å². The van der Waals surface area contributed by atoms with E-state index in [-0.39, 0.29) is 16.4 Å². The molecule has 0 heterocycles. The lowest BCUT2D eigenvalue weighted by molar-refractivity contribution is -0.384. The van der Waals surface area contributed by atoms with Gasteiger partial charge in [-0.2, -0.15) is 0 Å². The second kappa shape index (κ2) is 5.26. The lowest BCUT2D eigenvalue weighted by Crippen LogP contribution is -2.32. The molecule has 17 heavy (non-hydrogen) atoms. The van der Waals surface area contributed by atoms with Gasteiger partial charge in [0.1, 0.15) is 5.02 Å². The molecule has 0 aliphatic rings. The number of hydrogen-bond donors (Lipinski definition) is 2. The lowest BCUT2D eigenvalue weighted by Gasteiger charge is -2.04. The van der Waals surface area contributed by atoms with Crippen molar-refractivity contribution >= 4 is 34.8 Å². The number of nitro groups is 1. The summed E-state index contributed by atoms with van der Waals surface area (Å²) in [6, 6.07) is 3.69. The van der Waals surface area contributed by atoms with Crippen molar-refractivity contribution in [3.05, 3.63) is 33.3 Å². The second-order valence-electron chi connectivity index (χ2n) is 2.96. The van der Waals surface area contributed by atoms with Crippen molar-refractivity contribution in [3.63, 3.8) is 0 Å². The molecule has 0 aromatic heterocycles. The van der Waals surface area contributed by atoms with Crippen LogP contribution in [0.4, 0.5) is 11.4 Å². The van der Waals surface area contributed by atoms with Gasteiger partial charge in [-0.25, -0.2) is 0 Å². The first-order valence-electron chi connectivity index (χ1n) is 4.42. The van der Waals surface area contributed by atoms with E-state index >= 15 is 0 Å². The Morgan fingerprint density at radius 3 is 2.53 bits per heavy atom. The molecule has 0 saturated heterocycles. The number of benzene rings is 1. The van der Waals surface area contributed by atoms with Gasteiger partial charge in [0.05, 0.1) is 4.92 Å². The summed E-state index contributed by atoms with van der Waals surface area (Å²) < 4.78 is 0. The number of carbonyl (C=O) groups excluding carboxylic acids is 2. The zero-order chi connectivity index (χ0) is 13.0. The Morgan fingerprint density at radius 2 is 2.00 bits per heavy atom. The number of nitro benzene ring substituents is 1. The first kappa shape index (κ1) is 12.9. The van der Waals surface area contributed by atoms with E-state index in [4.69, 9.17) is 11.6 Å². The molecule has 0 radical (unpaired) electrons. The van der Waals surface area contributed by atoms with Crippen LogP contribution in [0.2, 0.25) is 5.02 Å². The third-order valence-corrected chi connectivity index (χ3v) is 2.15. The van der Waals surface area contributed by atoms with Crippen LogP contribution in [-0.4, -0.2) is 23.8 Å². The largest absolute Gasteiger partial charge is 0.351 e. The maximum absolute atomic E-state index is 11.2. The normalized spacial score (nSPS) is 9.53. The molecule has 0 spiro atoms. The summed E-state index contributed by atoms with van der Waals surface area (Å²) in [4.78, 5) is 32.0. The molecule has 90 valence electrons. The van der Waals surface area contributed by atoms with Crippen molar-refractivity contribution in [1.29, 1.82) is 0 Å². The van der Waals surface area contributed by atoms with Gasteiger partial charge in [-0.1, -0.05) is 11.6 Å². The van der Waals surface area contributed by atoms with E-state index in [0.29, 0.717) is 0 Å². The third kappa shape index (κ3) is 3.15. The predicted octanol–water partition coefficient (Wildman–Crippen LogP) is 0.933. The van der Waals surface area contributed by atoms with Crippen LogP contribution in [0.5, 0.6) is 0 Å². The highest BCUT2D eigenvalue weighted by Gasteiger charge is 2.16. The number of halogens is 1. The van der Waals surface area contributed by atoms with Gasteiger partial charge in [0.15, 0.2) is 0 Å². The molecule has 1 rings (SSSR count). The molecule has 2 amide bonds. The number of anilines is 1. The van der Waals surface area contributed by atoms with Gasteiger partial charge in [-0.15, -0.1) is 0 Å². The van der Waals surface area contributed by atoms with Gasteiger partial charge in [0, 0.05) is 18.8 Å². The van der Waals surface area contributed by atoms with Gasteiger partial charge in [0.2, 0.25) is 0 Å². The maximum atomic E-state index is 11.2. The summed E-state index contributed by atoms with van der Waals surface area (Å²) >= 11 is 5.58. The van der Waals surface area contributed by atoms with E-state index in [1.165, 1.54) is 19.2 Å². The van der Waals surface area contributed by atoms with Crippen LogP contribution in [0.3, 0.4) is 0 Å². The summed E-state index contributed by atoms with van der Waals surface area (Å²) in [7, 11) is 1.30. The fourth-order valence-electron chi connectivity index (χ4n) is 1.03. The van der Waals surface area contributed by atoms with Gasteiger partial charge in [-0.05, 0) is 12.1 Å². The lowest BCUT2D eigenvalue weighted by atomic mass is 10.2. The van der Waals surface area contributed by atoms with E-state index in [0.717, 1.165) is 6.07 Å². The van der Waals surface area contributed by atoms with Gasteiger partial charge >= 0.3 is 11.8 Å². The molecule has 0 unspecified atom stereocenters. The van der Waals surface area contributed by atoms with Crippen LogP contribution in [-0.2, 0) is 9.59 Å². The summed E-state index contributed by atoms with van der Waals surface area (Å²) in [6.45, 7) is 0. The summed E-state index contributed by atoms with van der Waals surface area (Å²) in [5.74, 6) is -1.76. The highest BCUT2D eigenvalue weighted by atomic mass is 35.5. The van der Waals surface area contributed by atoms with E-state index < -0.39 is 16.7 Å². The number of rotatable bonds is 2. The topological polar surface area (TPSA) is 101 Å². The molecule has 0 saturated carbocycles.